The summed E-state index contributed by atoms with van der Waals surface area (Å²) in [5.41, 5.74) is 2.46. The number of hydroxylamine groups is 3. The van der Waals surface area contributed by atoms with Gasteiger partial charge in [-0.05, 0) is 6.92 Å². The van der Waals surface area contributed by atoms with Crippen LogP contribution in [0.25, 0.3) is 0 Å². The Morgan fingerprint density at radius 3 is 1.81 bits per heavy atom. The zero-order chi connectivity index (χ0) is 14.8. The maximum atomic E-state index is 10.2. The molecule has 2 aromatic rings. The first-order valence-electron chi connectivity index (χ1n) is 7.44. The smallest absolute Gasteiger partial charge is 0.226 e. The van der Waals surface area contributed by atoms with Crippen LogP contribution >= 0.6 is 0 Å². The molecule has 0 aromatic heterocycles. The lowest BCUT2D eigenvalue weighted by Gasteiger charge is -2.32. The Labute approximate surface area is 126 Å². The molecule has 1 heterocycles. The van der Waals surface area contributed by atoms with Crippen LogP contribution < -0.4 is 0 Å². The van der Waals surface area contributed by atoms with E-state index in [9.17, 15) is 5.11 Å². The highest BCUT2D eigenvalue weighted by Gasteiger charge is 2.47. The standard InChI is InChI=1S/C18H22NO2/c1-18(20)12-13-19(21-18,14-16-8-4-2-5-9-16)15-17-10-6-3-7-11-17/h2-11,20H,12-15H2,1H3/q+1/t18-/m1/s1. The van der Waals surface area contributed by atoms with Crippen molar-refractivity contribution in [2.24, 2.45) is 0 Å². The Hall–Kier alpha value is -1.68. The second-order valence-electron chi connectivity index (χ2n) is 6.09. The average molecular weight is 284 g/mol. The van der Waals surface area contributed by atoms with Crippen LogP contribution in [0.5, 0.6) is 0 Å². The molecule has 1 N–H and O–H groups in total. The number of nitrogens with zero attached hydrogens (tertiary/aromatic N) is 1. The maximum Gasteiger partial charge on any atom is 0.226 e. The molecule has 0 amide bonds. The molecule has 1 aliphatic heterocycles. The van der Waals surface area contributed by atoms with Crippen molar-refractivity contribution in [3.05, 3.63) is 71.8 Å². The fraction of sp³-hybridized carbons (Fsp3) is 0.333. The molecule has 0 radical (unpaired) electrons. The third-order valence-electron chi connectivity index (χ3n) is 4.00. The Kier molecular flexibility index (Phi) is 3.81. The first-order valence-corrected chi connectivity index (χ1v) is 7.44. The summed E-state index contributed by atoms with van der Waals surface area (Å²) in [5, 5.41) is 10.2. The molecule has 110 valence electrons. The van der Waals surface area contributed by atoms with Crippen molar-refractivity contribution < 1.29 is 14.6 Å². The minimum Gasteiger partial charge on any atom is -0.361 e. The van der Waals surface area contributed by atoms with Crippen LogP contribution in [0.4, 0.5) is 0 Å². The van der Waals surface area contributed by atoms with E-state index in [-0.39, 0.29) is 0 Å². The van der Waals surface area contributed by atoms with Crippen LogP contribution in [0.15, 0.2) is 60.7 Å². The third kappa shape index (κ3) is 3.50. The van der Waals surface area contributed by atoms with Crippen LogP contribution in [0.1, 0.15) is 24.5 Å². The van der Waals surface area contributed by atoms with E-state index in [0.717, 1.165) is 19.6 Å². The predicted octanol–water partition coefficient (Wildman–Crippen LogP) is 3.25. The van der Waals surface area contributed by atoms with Gasteiger partial charge in [0.2, 0.25) is 5.79 Å². The van der Waals surface area contributed by atoms with Gasteiger partial charge in [-0.25, -0.2) is 0 Å². The van der Waals surface area contributed by atoms with E-state index in [4.69, 9.17) is 4.84 Å². The zero-order valence-electron chi connectivity index (χ0n) is 12.4. The van der Waals surface area contributed by atoms with Crippen molar-refractivity contribution in [2.75, 3.05) is 6.54 Å². The predicted molar refractivity (Wildman–Crippen MR) is 81.7 cm³/mol. The van der Waals surface area contributed by atoms with Gasteiger partial charge in [0.15, 0.2) is 0 Å². The monoisotopic (exact) mass is 284 g/mol. The summed E-state index contributed by atoms with van der Waals surface area (Å²) in [6.07, 6.45) is 0.659. The lowest BCUT2D eigenvalue weighted by atomic mass is 10.1. The van der Waals surface area contributed by atoms with Gasteiger partial charge in [0.1, 0.15) is 19.6 Å². The summed E-state index contributed by atoms with van der Waals surface area (Å²) in [6.45, 7) is 4.11. The van der Waals surface area contributed by atoms with Gasteiger partial charge < -0.3 is 5.11 Å². The highest BCUT2D eigenvalue weighted by atomic mass is 16.8. The van der Waals surface area contributed by atoms with Crippen molar-refractivity contribution in [1.29, 1.82) is 0 Å². The molecule has 1 atom stereocenters. The van der Waals surface area contributed by atoms with Crippen molar-refractivity contribution in [2.45, 2.75) is 32.2 Å². The molecule has 1 fully saturated rings. The quantitative estimate of drug-likeness (QED) is 0.873. The molecule has 3 heteroatoms. The van der Waals surface area contributed by atoms with Gasteiger partial charge in [-0.1, -0.05) is 60.7 Å². The van der Waals surface area contributed by atoms with Crippen molar-refractivity contribution in [3.8, 4) is 0 Å². The molecule has 0 spiro atoms. The van der Waals surface area contributed by atoms with Crippen LogP contribution in [0.3, 0.4) is 0 Å². The normalized spacial score (nSPS) is 24.1. The van der Waals surface area contributed by atoms with Crippen molar-refractivity contribution >= 4 is 0 Å². The van der Waals surface area contributed by atoms with Crippen LogP contribution in [-0.2, 0) is 17.9 Å². The molecular weight excluding hydrogens is 262 g/mol. The summed E-state index contributed by atoms with van der Waals surface area (Å²) < 4.78 is 0.445. The Balaban J connectivity index is 1.85. The minimum atomic E-state index is -1.04. The Morgan fingerprint density at radius 1 is 0.952 bits per heavy atom. The van der Waals surface area contributed by atoms with Crippen LogP contribution in [0.2, 0.25) is 0 Å². The highest BCUT2D eigenvalue weighted by molar-refractivity contribution is 5.15. The van der Waals surface area contributed by atoms with Gasteiger partial charge in [0.05, 0.1) is 6.42 Å². The van der Waals surface area contributed by atoms with E-state index >= 15 is 0 Å². The SMILES string of the molecule is C[C@]1(O)CC[N+](Cc2ccccc2)(Cc2ccccc2)O1. The van der Waals surface area contributed by atoms with E-state index in [1.165, 1.54) is 11.1 Å². The second kappa shape index (κ2) is 5.60. The van der Waals surface area contributed by atoms with E-state index in [1.54, 1.807) is 6.92 Å². The van der Waals surface area contributed by atoms with Gasteiger partial charge in [-0.3, -0.25) is 0 Å². The topological polar surface area (TPSA) is 29.5 Å². The largest absolute Gasteiger partial charge is 0.361 e. The molecule has 21 heavy (non-hydrogen) atoms. The van der Waals surface area contributed by atoms with E-state index in [0.29, 0.717) is 11.1 Å². The number of aliphatic hydroxyl groups is 1. The number of hydrogen-bond donors (Lipinski definition) is 1. The van der Waals surface area contributed by atoms with Gasteiger partial charge >= 0.3 is 0 Å². The van der Waals surface area contributed by atoms with Gasteiger partial charge in [0.25, 0.3) is 0 Å². The molecule has 3 nitrogen and oxygen atoms in total. The fourth-order valence-corrected chi connectivity index (χ4v) is 3.03. The van der Waals surface area contributed by atoms with Gasteiger partial charge in [-0.15, -0.1) is 0 Å². The summed E-state index contributed by atoms with van der Waals surface area (Å²) in [7, 11) is 0. The molecular formula is C18H22NO2+. The fourth-order valence-electron chi connectivity index (χ4n) is 3.03. The minimum absolute atomic E-state index is 0.445. The number of rotatable bonds is 4. The summed E-state index contributed by atoms with van der Waals surface area (Å²) in [5.74, 6) is -1.04. The molecule has 0 bridgehead atoms. The average Bonchev–Trinajstić information content (AvgIpc) is 2.76. The van der Waals surface area contributed by atoms with Gasteiger partial charge in [-0.2, -0.15) is 9.48 Å². The molecule has 3 rings (SSSR count). The molecule has 0 saturated carbocycles. The highest BCUT2D eigenvalue weighted by Crippen LogP contribution is 2.34. The Bertz CT molecular complexity index is 539. The maximum absolute atomic E-state index is 10.2. The van der Waals surface area contributed by atoms with Crippen LogP contribution in [0, 0.1) is 0 Å². The van der Waals surface area contributed by atoms with Crippen LogP contribution in [-0.4, -0.2) is 22.1 Å². The number of hydrogen-bond acceptors (Lipinski definition) is 2. The second-order valence-corrected chi connectivity index (χ2v) is 6.09. The molecule has 0 unspecified atom stereocenters. The van der Waals surface area contributed by atoms with E-state index in [1.807, 2.05) is 36.4 Å². The van der Waals surface area contributed by atoms with Crippen molar-refractivity contribution in [1.82, 2.24) is 0 Å². The zero-order valence-corrected chi connectivity index (χ0v) is 12.4. The Morgan fingerprint density at radius 2 is 1.43 bits per heavy atom. The molecule has 1 saturated heterocycles. The van der Waals surface area contributed by atoms with Crippen molar-refractivity contribution in [3.63, 3.8) is 0 Å². The molecule has 2 aromatic carbocycles. The van der Waals surface area contributed by atoms with Gasteiger partial charge in [0, 0.05) is 11.1 Å². The lowest BCUT2D eigenvalue weighted by molar-refractivity contribution is -1.12. The third-order valence-corrected chi connectivity index (χ3v) is 4.00. The lowest BCUT2D eigenvalue weighted by Crippen LogP contribution is -2.44. The summed E-state index contributed by atoms with van der Waals surface area (Å²) >= 11 is 0. The summed E-state index contributed by atoms with van der Waals surface area (Å²) in [4.78, 5) is 6.04. The molecule has 0 aliphatic carbocycles. The summed E-state index contributed by atoms with van der Waals surface area (Å²) in [6, 6.07) is 20.7. The van der Waals surface area contributed by atoms with E-state index < -0.39 is 5.79 Å². The molecule has 1 aliphatic rings. The van der Waals surface area contributed by atoms with E-state index in [2.05, 4.69) is 24.3 Å². The number of quaternary nitrogens is 1. The number of benzene rings is 2. The first-order chi connectivity index (χ1) is 10.1. The first kappa shape index (κ1) is 14.3.